The van der Waals surface area contributed by atoms with E-state index in [1.165, 1.54) is 13.0 Å². The van der Waals surface area contributed by atoms with Crippen LogP contribution in [0.15, 0.2) is 12.1 Å². The number of benzene rings is 1. The second-order valence-corrected chi connectivity index (χ2v) is 4.04. The number of hydrogen-bond acceptors (Lipinski definition) is 3. The minimum atomic E-state index is -0.774. The van der Waals surface area contributed by atoms with Crippen LogP contribution in [0.3, 0.4) is 0 Å². The van der Waals surface area contributed by atoms with E-state index in [1.54, 1.807) is 0 Å². The van der Waals surface area contributed by atoms with Crippen molar-refractivity contribution in [2.45, 2.75) is 25.7 Å². The summed E-state index contributed by atoms with van der Waals surface area (Å²) >= 11 is 0. The highest BCUT2D eigenvalue weighted by molar-refractivity contribution is 5.89. The Morgan fingerprint density at radius 1 is 1.18 bits per heavy atom. The van der Waals surface area contributed by atoms with Gasteiger partial charge in [0.1, 0.15) is 11.6 Å². The molecule has 1 aliphatic heterocycles. The second kappa shape index (κ2) is 4.24. The number of carbonyl (C=O) groups excluding carboxylic acids is 2. The molecular formula is C12H10F2O3. The average Bonchev–Trinajstić information content (AvgIpc) is 2.23. The van der Waals surface area contributed by atoms with Crippen molar-refractivity contribution in [2.24, 2.45) is 0 Å². The first kappa shape index (κ1) is 11.7. The topological polar surface area (TPSA) is 43.4 Å². The predicted octanol–water partition coefficient (Wildman–Crippen LogP) is 2.22. The SMILES string of the molecule is Cc1ccc(F)c(C2CC(=O)OC(=O)C2)c1F. The Bertz CT molecular complexity index is 481. The Labute approximate surface area is 96.4 Å². The molecule has 1 saturated heterocycles. The van der Waals surface area contributed by atoms with E-state index in [0.29, 0.717) is 0 Å². The van der Waals surface area contributed by atoms with E-state index in [-0.39, 0.29) is 24.0 Å². The van der Waals surface area contributed by atoms with Crippen LogP contribution < -0.4 is 0 Å². The molecule has 1 aliphatic rings. The number of esters is 2. The summed E-state index contributed by atoms with van der Waals surface area (Å²) in [6.45, 7) is 1.50. The first-order valence-electron chi connectivity index (χ1n) is 5.17. The molecule has 0 radical (unpaired) electrons. The lowest BCUT2D eigenvalue weighted by molar-refractivity contribution is -0.164. The van der Waals surface area contributed by atoms with Crippen LogP contribution in [-0.2, 0) is 14.3 Å². The summed E-state index contributed by atoms with van der Waals surface area (Å²) in [5.41, 5.74) is 0.0859. The van der Waals surface area contributed by atoms with Gasteiger partial charge in [-0.15, -0.1) is 0 Å². The maximum Gasteiger partial charge on any atom is 0.314 e. The molecule has 3 nitrogen and oxygen atoms in total. The van der Waals surface area contributed by atoms with Gasteiger partial charge in [-0.25, -0.2) is 8.78 Å². The maximum absolute atomic E-state index is 13.8. The van der Waals surface area contributed by atoms with Gasteiger partial charge in [0.05, 0.1) is 12.8 Å². The van der Waals surface area contributed by atoms with Gasteiger partial charge in [0.25, 0.3) is 0 Å². The van der Waals surface area contributed by atoms with Gasteiger partial charge in [-0.1, -0.05) is 6.07 Å². The van der Waals surface area contributed by atoms with Gasteiger partial charge >= 0.3 is 11.9 Å². The Morgan fingerprint density at radius 2 is 1.76 bits per heavy atom. The van der Waals surface area contributed by atoms with Crippen LogP contribution in [0.1, 0.15) is 29.9 Å². The van der Waals surface area contributed by atoms with Crippen LogP contribution in [-0.4, -0.2) is 11.9 Å². The predicted molar refractivity (Wildman–Crippen MR) is 54.2 cm³/mol. The molecule has 0 bridgehead atoms. The lowest BCUT2D eigenvalue weighted by Gasteiger charge is -2.21. The van der Waals surface area contributed by atoms with Crippen LogP contribution in [0.4, 0.5) is 8.78 Å². The fourth-order valence-electron chi connectivity index (χ4n) is 1.94. The smallest absolute Gasteiger partial charge is 0.314 e. The number of halogens is 2. The van der Waals surface area contributed by atoms with Crippen LogP contribution in [0.2, 0.25) is 0 Å². The Kier molecular flexibility index (Phi) is 2.92. The van der Waals surface area contributed by atoms with Crippen molar-refractivity contribution in [1.82, 2.24) is 0 Å². The molecule has 0 spiro atoms. The fourth-order valence-corrected chi connectivity index (χ4v) is 1.94. The number of carbonyl (C=O) groups is 2. The number of hydrogen-bond donors (Lipinski definition) is 0. The van der Waals surface area contributed by atoms with Crippen molar-refractivity contribution in [2.75, 3.05) is 0 Å². The molecule has 0 N–H and O–H groups in total. The molecule has 1 aromatic carbocycles. The highest BCUT2D eigenvalue weighted by Gasteiger charge is 2.32. The molecule has 1 heterocycles. The molecular weight excluding hydrogens is 230 g/mol. The lowest BCUT2D eigenvalue weighted by atomic mass is 9.89. The van der Waals surface area contributed by atoms with Crippen molar-refractivity contribution in [3.63, 3.8) is 0 Å². The second-order valence-electron chi connectivity index (χ2n) is 4.04. The zero-order valence-electron chi connectivity index (χ0n) is 9.13. The quantitative estimate of drug-likeness (QED) is 0.558. The summed E-state index contributed by atoms with van der Waals surface area (Å²) < 4.78 is 31.7. The first-order valence-corrected chi connectivity index (χ1v) is 5.17. The molecule has 1 aromatic rings. The molecule has 1 fully saturated rings. The minimum Gasteiger partial charge on any atom is -0.393 e. The third-order valence-electron chi connectivity index (χ3n) is 2.78. The number of ether oxygens (including phenoxy) is 1. The number of rotatable bonds is 1. The summed E-state index contributed by atoms with van der Waals surface area (Å²) in [6, 6.07) is 2.45. The summed E-state index contributed by atoms with van der Waals surface area (Å²) in [7, 11) is 0. The summed E-state index contributed by atoms with van der Waals surface area (Å²) in [5.74, 6) is -3.69. The monoisotopic (exact) mass is 240 g/mol. The van der Waals surface area contributed by atoms with Crippen molar-refractivity contribution < 1.29 is 23.1 Å². The van der Waals surface area contributed by atoms with Crippen molar-refractivity contribution >= 4 is 11.9 Å². The van der Waals surface area contributed by atoms with Crippen molar-refractivity contribution in [1.29, 1.82) is 0 Å². The lowest BCUT2D eigenvalue weighted by Crippen LogP contribution is -2.25. The van der Waals surface area contributed by atoms with E-state index >= 15 is 0 Å². The van der Waals surface area contributed by atoms with E-state index in [1.807, 2.05) is 0 Å². The van der Waals surface area contributed by atoms with Gasteiger partial charge < -0.3 is 4.74 Å². The molecule has 2 rings (SSSR count). The number of aryl methyl sites for hydroxylation is 1. The van der Waals surface area contributed by atoms with Gasteiger partial charge in [0.2, 0.25) is 0 Å². The zero-order valence-corrected chi connectivity index (χ0v) is 9.13. The molecule has 0 amide bonds. The average molecular weight is 240 g/mol. The molecule has 0 atom stereocenters. The third kappa shape index (κ3) is 2.18. The maximum atomic E-state index is 13.8. The molecule has 0 unspecified atom stereocenters. The highest BCUT2D eigenvalue weighted by atomic mass is 19.1. The van der Waals surface area contributed by atoms with Gasteiger partial charge in [0, 0.05) is 11.5 Å². The standard InChI is InChI=1S/C12H10F2O3/c1-6-2-3-8(13)11(12(6)14)7-4-9(15)17-10(16)5-7/h2-3,7H,4-5H2,1H3. The third-order valence-corrected chi connectivity index (χ3v) is 2.78. The highest BCUT2D eigenvalue weighted by Crippen LogP contribution is 2.32. The van der Waals surface area contributed by atoms with Crippen molar-refractivity contribution in [3.8, 4) is 0 Å². The molecule has 17 heavy (non-hydrogen) atoms. The normalized spacial score (nSPS) is 17.1. The molecule has 5 heteroatoms. The summed E-state index contributed by atoms with van der Waals surface area (Å²) in [5, 5.41) is 0. The molecule has 0 aliphatic carbocycles. The van der Waals surface area contributed by atoms with E-state index in [9.17, 15) is 18.4 Å². The van der Waals surface area contributed by atoms with Crippen molar-refractivity contribution in [3.05, 3.63) is 34.9 Å². The van der Waals surface area contributed by atoms with Crippen LogP contribution in [0.5, 0.6) is 0 Å². The van der Waals surface area contributed by atoms with E-state index < -0.39 is 29.5 Å². The fraction of sp³-hybridized carbons (Fsp3) is 0.333. The van der Waals surface area contributed by atoms with Gasteiger partial charge in [-0.2, -0.15) is 0 Å². The van der Waals surface area contributed by atoms with E-state index in [4.69, 9.17) is 0 Å². The van der Waals surface area contributed by atoms with Crippen LogP contribution in [0.25, 0.3) is 0 Å². The molecule has 0 saturated carbocycles. The zero-order chi connectivity index (χ0) is 12.6. The van der Waals surface area contributed by atoms with E-state index in [2.05, 4.69) is 4.74 Å². The summed E-state index contributed by atoms with van der Waals surface area (Å²) in [6.07, 6.45) is -0.355. The van der Waals surface area contributed by atoms with Crippen LogP contribution in [0, 0.1) is 18.6 Å². The number of cyclic esters (lactones) is 2. The Morgan fingerprint density at radius 3 is 2.35 bits per heavy atom. The Hall–Kier alpha value is -1.78. The minimum absolute atomic E-state index is 0.178. The first-order chi connectivity index (χ1) is 7.99. The molecule has 0 aromatic heterocycles. The van der Waals surface area contributed by atoms with Gasteiger partial charge in [-0.05, 0) is 18.6 Å². The van der Waals surface area contributed by atoms with E-state index in [0.717, 1.165) is 6.07 Å². The molecule has 90 valence electrons. The van der Waals surface area contributed by atoms with Gasteiger partial charge in [0.15, 0.2) is 0 Å². The van der Waals surface area contributed by atoms with Crippen LogP contribution >= 0.6 is 0 Å². The summed E-state index contributed by atoms with van der Waals surface area (Å²) in [4.78, 5) is 22.2. The Balaban J connectivity index is 2.43. The largest absolute Gasteiger partial charge is 0.393 e. The van der Waals surface area contributed by atoms with Gasteiger partial charge in [-0.3, -0.25) is 9.59 Å².